The first-order valence-corrected chi connectivity index (χ1v) is 9.24. The molecule has 0 aliphatic carbocycles. The van der Waals surface area contributed by atoms with Gasteiger partial charge in [0.05, 0.1) is 23.1 Å². The van der Waals surface area contributed by atoms with Crippen molar-refractivity contribution in [3.8, 4) is 5.75 Å². The second-order valence-electron chi connectivity index (χ2n) is 5.14. The molecule has 4 rings (SSSR count). The van der Waals surface area contributed by atoms with Gasteiger partial charge in [-0.3, -0.25) is 4.79 Å². The van der Waals surface area contributed by atoms with Crippen molar-refractivity contribution in [3.63, 3.8) is 0 Å². The minimum Gasteiger partial charge on any atom is -0.497 e. The minimum absolute atomic E-state index is 0.154. The molecule has 2 aromatic carbocycles. The number of thioether (sulfide) groups is 1. The molecule has 1 amide bonds. The number of amides is 1. The first-order chi connectivity index (χ1) is 12.2. The van der Waals surface area contributed by atoms with Crippen molar-refractivity contribution < 1.29 is 13.9 Å². The Labute approximate surface area is 151 Å². The molecule has 25 heavy (non-hydrogen) atoms. The molecular formula is C17H13N3O3S2. The summed E-state index contributed by atoms with van der Waals surface area (Å²) < 4.78 is 11.8. The van der Waals surface area contributed by atoms with E-state index in [1.165, 1.54) is 23.1 Å². The third-order valence-corrected chi connectivity index (χ3v) is 5.22. The monoisotopic (exact) mass is 371 g/mol. The molecule has 0 aliphatic rings. The number of aromatic nitrogens is 2. The van der Waals surface area contributed by atoms with E-state index in [-0.39, 0.29) is 11.7 Å². The molecule has 0 aliphatic heterocycles. The summed E-state index contributed by atoms with van der Waals surface area (Å²) >= 11 is 2.68. The first-order valence-electron chi connectivity index (χ1n) is 7.44. The fraction of sp³-hybridized carbons (Fsp3) is 0.118. The average Bonchev–Trinajstić information content (AvgIpc) is 3.21. The summed E-state index contributed by atoms with van der Waals surface area (Å²) in [4.78, 5) is 20.9. The number of hydrogen-bond donors (Lipinski definition) is 1. The minimum atomic E-state index is -0.154. The van der Waals surface area contributed by atoms with E-state index in [0.717, 1.165) is 21.5 Å². The van der Waals surface area contributed by atoms with E-state index in [2.05, 4.69) is 15.3 Å². The molecule has 0 saturated heterocycles. The molecule has 0 unspecified atom stereocenters. The Bertz CT molecular complexity index is 1020. The maximum absolute atomic E-state index is 12.1. The topological polar surface area (TPSA) is 77.2 Å². The number of carbonyl (C=O) groups is 1. The second kappa shape index (κ2) is 6.73. The van der Waals surface area contributed by atoms with Crippen LogP contribution < -0.4 is 10.1 Å². The highest BCUT2D eigenvalue weighted by atomic mass is 32.2. The zero-order chi connectivity index (χ0) is 17.2. The molecule has 1 N–H and O–H groups in total. The summed E-state index contributed by atoms with van der Waals surface area (Å²) in [5, 5.41) is 3.85. The predicted octanol–water partition coefficient (Wildman–Crippen LogP) is 4.18. The van der Waals surface area contributed by atoms with Crippen molar-refractivity contribution in [1.29, 1.82) is 0 Å². The summed E-state index contributed by atoms with van der Waals surface area (Å²) in [6.45, 7) is 0. The van der Waals surface area contributed by atoms with Gasteiger partial charge in [-0.1, -0.05) is 35.2 Å². The fourth-order valence-electron chi connectivity index (χ4n) is 2.28. The second-order valence-corrected chi connectivity index (χ2v) is 7.09. The normalized spacial score (nSPS) is 11.1. The van der Waals surface area contributed by atoms with Crippen molar-refractivity contribution in [2.75, 3.05) is 18.2 Å². The number of hydrogen-bond acceptors (Lipinski definition) is 7. The Balaban J connectivity index is 1.41. The van der Waals surface area contributed by atoms with Crippen LogP contribution in [0.25, 0.3) is 21.3 Å². The number of thiazole rings is 1. The highest BCUT2D eigenvalue weighted by Gasteiger charge is 2.12. The Morgan fingerprint density at radius 1 is 1.24 bits per heavy atom. The molecule has 6 nitrogen and oxygen atoms in total. The SMILES string of the molecule is COc1ccc2sc(NC(=O)CSc3nc4ccccc4o3)nc2c1. The largest absolute Gasteiger partial charge is 0.497 e. The first kappa shape index (κ1) is 15.9. The van der Waals surface area contributed by atoms with Gasteiger partial charge >= 0.3 is 0 Å². The molecule has 2 heterocycles. The van der Waals surface area contributed by atoms with Gasteiger partial charge in [-0.25, -0.2) is 9.97 Å². The maximum Gasteiger partial charge on any atom is 0.257 e. The van der Waals surface area contributed by atoms with Crippen molar-refractivity contribution in [3.05, 3.63) is 42.5 Å². The highest BCUT2D eigenvalue weighted by molar-refractivity contribution is 7.99. The van der Waals surface area contributed by atoms with E-state index in [0.29, 0.717) is 15.9 Å². The average molecular weight is 371 g/mol. The molecule has 0 spiro atoms. The molecule has 126 valence electrons. The quantitative estimate of drug-likeness (QED) is 0.530. The predicted molar refractivity (Wildman–Crippen MR) is 99.5 cm³/mol. The number of oxazole rings is 1. The lowest BCUT2D eigenvalue weighted by Gasteiger charge is -1.98. The molecule has 0 radical (unpaired) electrons. The van der Waals surface area contributed by atoms with Gasteiger partial charge in [0.1, 0.15) is 11.3 Å². The zero-order valence-corrected chi connectivity index (χ0v) is 14.8. The molecule has 2 aromatic heterocycles. The van der Waals surface area contributed by atoms with Gasteiger partial charge in [0.25, 0.3) is 5.22 Å². The Morgan fingerprint density at radius 2 is 2.12 bits per heavy atom. The van der Waals surface area contributed by atoms with E-state index < -0.39 is 0 Å². The molecular weight excluding hydrogens is 358 g/mol. The van der Waals surface area contributed by atoms with E-state index in [1.54, 1.807) is 7.11 Å². The zero-order valence-electron chi connectivity index (χ0n) is 13.2. The smallest absolute Gasteiger partial charge is 0.257 e. The third kappa shape index (κ3) is 3.45. The molecule has 0 fully saturated rings. The number of para-hydroxylation sites is 2. The van der Waals surface area contributed by atoms with Crippen LogP contribution >= 0.6 is 23.1 Å². The van der Waals surface area contributed by atoms with E-state index in [9.17, 15) is 4.79 Å². The van der Waals surface area contributed by atoms with Gasteiger partial charge in [0.15, 0.2) is 10.7 Å². The van der Waals surface area contributed by atoms with Gasteiger partial charge in [0.2, 0.25) is 5.91 Å². The van der Waals surface area contributed by atoms with Crippen molar-refractivity contribution in [1.82, 2.24) is 9.97 Å². The Hall–Kier alpha value is -2.58. The third-order valence-electron chi connectivity index (χ3n) is 3.44. The number of benzene rings is 2. The van der Waals surface area contributed by atoms with Crippen molar-refractivity contribution in [2.45, 2.75) is 5.22 Å². The molecule has 0 atom stereocenters. The number of rotatable bonds is 5. The number of methoxy groups -OCH3 is 1. The lowest BCUT2D eigenvalue weighted by Crippen LogP contribution is -2.13. The molecule has 0 saturated carbocycles. The maximum atomic E-state index is 12.1. The lowest BCUT2D eigenvalue weighted by molar-refractivity contribution is -0.113. The van der Waals surface area contributed by atoms with Crippen LogP contribution in [0.4, 0.5) is 5.13 Å². The molecule has 4 aromatic rings. The number of nitrogens with zero attached hydrogens (tertiary/aromatic N) is 2. The summed E-state index contributed by atoms with van der Waals surface area (Å²) in [7, 11) is 1.61. The number of anilines is 1. The Morgan fingerprint density at radius 3 is 2.96 bits per heavy atom. The lowest BCUT2D eigenvalue weighted by atomic mass is 10.3. The van der Waals surface area contributed by atoms with Crippen LogP contribution in [0.2, 0.25) is 0 Å². The number of nitrogens with one attached hydrogen (secondary N) is 1. The standard InChI is InChI=1S/C17H13N3O3S2/c1-22-10-6-7-14-12(8-10)18-16(25-14)20-15(21)9-24-17-19-11-4-2-3-5-13(11)23-17/h2-8H,9H2,1H3,(H,18,20,21). The van der Waals surface area contributed by atoms with Crippen LogP contribution in [0.1, 0.15) is 0 Å². The highest BCUT2D eigenvalue weighted by Crippen LogP contribution is 2.29. The van der Waals surface area contributed by atoms with Crippen LogP contribution in [0, 0.1) is 0 Å². The van der Waals surface area contributed by atoms with Crippen LogP contribution in [0.3, 0.4) is 0 Å². The number of fused-ring (bicyclic) bond motifs is 2. The summed E-state index contributed by atoms with van der Waals surface area (Å²) in [5.41, 5.74) is 2.29. The van der Waals surface area contributed by atoms with Crippen molar-refractivity contribution in [2.24, 2.45) is 0 Å². The number of carbonyl (C=O) groups excluding carboxylic acids is 1. The summed E-state index contributed by atoms with van der Waals surface area (Å²) in [6, 6.07) is 13.1. The van der Waals surface area contributed by atoms with Gasteiger partial charge < -0.3 is 14.5 Å². The van der Waals surface area contributed by atoms with E-state index >= 15 is 0 Å². The van der Waals surface area contributed by atoms with Gasteiger partial charge in [0, 0.05) is 6.07 Å². The fourth-order valence-corrected chi connectivity index (χ4v) is 3.78. The van der Waals surface area contributed by atoms with Gasteiger partial charge in [-0.2, -0.15) is 0 Å². The molecule has 0 bridgehead atoms. The van der Waals surface area contributed by atoms with Crippen molar-refractivity contribution >= 4 is 55.5 Å². The van der Waals surface area contributed by atoms with E-state index in [1.807, 2.05) is 42.5 Å². The van der Waals surface area contributed by atoms with Crippen LogP contribution in [0.5, 0.6) is 5.75 Å². The Kier molecular flexibility index (Phi) is 4.29. The summed E-state index contributed by atoms with van der Waals surface area (Å²) in [5.74, 6) is 0.784. The van der Waals surface area contributed by atoms with Crippen LogP contribution in [-0.4, -0.2) is 28.7 Å². The van der Waals surface area contributed by atoms with Crippen LogP contribution in [-0.2, 0) is 4.79 Å². The molecule has 8 heteroatoms. The van der Waals surface area contributed by atoms with Gasteiger partial charge in [-0.15, -0.1) is 0 Å². The van der Waals surface area contributed by atoms with Gasteiger partial charge in [-0.05, 0) is 24.3 Å². The van der Waals surface area contributed by atoms with Crippen LogP contribution in [0.15, 0.2) is 52.1 Å². The number of ether oxygens (including phenoxy) is 1. The summed E-state index contributed by atoms with van der Waals surface area (Å²) in [6.07, 6.45) is 0. The van der Waals surface area contributed by atoms with E-state index in [4.69, 9.17) is 9.15 Å².